The molecule has 2 aromatic carbocycles. The first-order chi connectivity index (χ1) is 18.8. The maximum absolute atomic E-state index is 12.6. The minimum Gasteiger partial charge on any atom is -0.493 e. The molecule has 0 radical (unpaired) electrons. The summed E-state index contributed by atoms with van der Waals surface area (Å²) >= 11 is 12.2. The molecule has 0 heterocycles. The highest BCUT2D eigenvalue weighted by molar-refractivity contribution is 6.69. The number of carbonyl (C=O) groups excluding carboxylic acids is 3. The topological polar surface area (TPSA) is 84.5 Å². The second-order valence-electron chi connectivity index (χ2n) is 12.9. The van der Waals surface area contributed by atoms with E-state index in [1.807, 2.05) is 0 Å². The molecular weight excluding hydrogens is 559 g/mol. The van der Waals surface area contributed by atoms with Crippen LogP contribution in [0.1, 0.15) is 99.1 Å². The largest absolute Gasteiger partial charge is 0.493 e. The lowest BCUT2D eigenvalue weighted by molar-refractivity contribution is -0.131. The summed E-state index contributed by atoms with van der Waals surface area (Å²) in [6.45, 7) is 18.7. The average molecular weight is 606 g/mol. The van der Waals surface area contributed by atoms with Crippen LogP contribution in [0.3, 0.4) is 0 Å². The Morgan fingerprint density at radius 3 is 1.95 bits per heavy atom. The molecule has 0 saturated heterocycles. The lowest BCUT2D eigenvalue weighted by Gasteiger charge is -2.30. The Morgan fingerprint density at radius 1 is 0.805 bits per heavy atom. The quantitative estimate of drug-likeness (QED) is 0.136. The van der Waals surface area contributed by atoms with Crippen LogP contribution in [0.25, 0.3) is 0 Å². The number of hydrogen-bond acceptors (Lipinski definition) is 4. The van der Waals surface area contributed by atoms with E-state index in [1.54, 1.807) is 45.0 Å². The van der Waals surface area contributed by atoms with Crippen LogP contribution in [0.2, 0.25) is 0 Å². The van der Waals surface area contributed by atoms with Gasteiger partial charge in [-0.3, -0.25) is 14.4 Å². The average Bonchev–Trinajstić information content (AvgIpc) is 2.90. The van der Waals surface area contributed by atoms with Gasteiger partial charge < -0.3 is 15.4 Å². The van der Waals surface area contributed by atoms with E-state index >= 15 is 0 Å². The number of rotatable bonds is 13. The number of Topliss-reactive ketones (excluding diaryl/α,β-unsaturated/α-hetero) is 1. The fraction of sp³-hybridized carbons (Fsp3) is 0.545. The van der Waals surface area contributed by atoms with Gasteiger partial charge >= 0.3 is 0 Å². The maximum atomic E-state index is 12.6. The van der Waals surface area contributed by atoms with Gasteiger partial charge in [0, 0.05) is 28.8 Å². The summed E-state index contributed by atoms with van der Waals surface area (Å²) in [5.41, 5.74) is 2.46. The van der Waals surface area contributed by atoms with Crippen molar-refractivity contribution in [3.8, 4) is 5.75 Å². The van der Waals surface area contributed by atoms with Crippen LogP contribution < -0.4 is 15.4 Å². The van der Waals surface area contributed by atoms with Gasteiger partial charge in [-0.15, -0.1) is 0 Å². The fourth-order valence-electron chi connectivity index (χ4n) is 4.10. The summed E-state index contributed by atoms with van der Waals surface area (Å²) in [7, 11) is 0. The number of carbonyl (C=O) groups is 3. The second kappa shape index (κ2) is 13.6. The summed E-state index contributed by atoms with van der Waals surface area (Å²) in [4.78, 5) is 37.8. The van der Waals surface area contributed by atoms with E-state index in [9.17, 15) is 14.4 Å². The number of hydrogen-bond donors (Lipinski definition) is 2. The molecule has 0 fully saturated rings. The van der Waals surface area contributed by atoms with E-state index in [1.165, 1.54) is 11.1 Å². The Labute approximate surface area is 255 Å². The van der Waals surface area contributed by atoms with Crippen LogP contribution in [0.15, 0.2) is 42.5 Å². The van der Waals surface area contributed by atoms with E-state index in [0.29, 0.717) is 24.4 Å². The molecule has 2 N–H and O–H groups in total. The van der Waals surface area contributed by atoms with Crippen LogP contribution in [-0.4, -0.2) is 28.5 Å². The lowest BCUT2D eigenvalue weighted by Crippen LogP contribution is -2.45. The molecule has 0 atom stereocenters. The van der Waals surface area contributed by atoms with Gasteiger partial charge in [0.15, 0.2) is 5.78 Å². The Kier molecular flexibility index (Phi) is 11.5. The van der Waals surface area contributed by atoms with Crippen molar-refractivity contribution in [2.75, 3.05) is 17.2 Å². The van der Waals surface area contributed by atoms with Gasteiger partial charge in [-0.2, -0.15) is 0 Å². The maximum Gasteiger partial charge on any atom is 0.268 e. The lowest BCUT2D eigenvalue weighted by atomic mass is 9.76. The van der Waals surface area contributed by atoms with E-state index in [4.69, 9.17) is 27.9 Å². The standard InChI is InChI=1S/C33H46Cl2N2O4/c1-10-31(6,7)22-17-18-26(25(20-22)32(8,9)11-2)41-19-13-16-27(38)36-23-14-12-15-24(21-23)37-29(40)33(34,35)28(39)30(3,4)5/h12,14-15,17-18,20-21H,10-11,13,16,19H2,1-9H3,(H,36,38)(H,37,40). The normalized spacial score (nSPS) is 12.6. The van der Waals surface area contributed by atoms with Crippen molar-refractivity contribution in [3.05, 3.63) is 53.6 Å². The van der Waals surface area contributed by atoms with Crippen LogP contribution >= 0.6 is 23.2 Å². The molecule has 0 saturated carbocycles. The first-order valence-electron chi connectivity index (χ1n) is 14.3. The third kappa shape index (κ3) is 9.21. The van der Waals surface area contributed by atoms with Crippen molar-refractivity contribution in [1.82, 2.24) is 0 Å². The number of anilines is 2. The van der Waals surface area contributed by atoms with Gasteiger partial charge in [0.05, 0.1) is 6.61 Å². The van der Waals surface area contributed by atoms with Crippen molar-refractivity contribution in [2.45, 2.75) is 103 Å². The molecule has 0 unspecified atom stereocenters. The molecule has 0 aliphatic rings. The molecule has 2 rings (SSSR count). The SMILES string of the molecule is CCC(C)(C)c1ccc(OCCCC(=O)Nc2cccc(NC(=O)C(Cl)(Cl)C(=O)C(C)(C)C)c2)c(C(C)(C)CC)c1. The van der Waals surface area contributed by atoms with Crippen LogP contribution in [0.4, 0.5) is 11.4 Å². The summed E-state index contributed by atoms with van der Waals surface area (Å²) < 4.78 is 3.95. The second-order valence-corrected chi connectivity index (χ2v) is 14.2. The fourth-order valence-corrected chi connectivity index (χ4v) is 4.76. The third-order valence-corrected chi connectivity index (χ3v) is 8.41. The number of ketones is 1. The number of benzene rings is 2. The Balaban J connectivity index is 1.99. The zero-order valence-corrected chi connectivity index (χ0v) is 27.5. The van der Waals surface area contributed by atoms with Gasteiger partial charge in [0.25, 0.3) is 10.2 Å². The molecule has 0 aromatic heterocycles. The van der Waals surface area contributed by atoms with Crippen molar-refractivity contribution in [2.24, 2.45) is 5.41 Å². The molecule has 8 heteroatoms. The molecule has 6 nitrogen and oxygen atoms in total. The first-order valence-corrected chi connectivity index (χ1v) is 15.0. The van der Waals surface area contributed by atoms with Crippen LogP contribution in [-0.2, 0) is 25.2 Å². The Morgan fingerprint density at radius 2 is 1.39 bits per heavy atom. The Bertz CT molecular complexity index is 1250. The van der Waals surface area contributed by atoms with Crippen LogP contribution in [0, 0.1) is 5.41 Å². The van der Waals surface area contributed by atoms with Crippen molar-refractivity contribution >= 4 is 52.2 Å². The number of nitrogens with one attached hydrogen (secondary N) is 2. The molecule has 0 aliphatic heterocycles. The Hall–Kier alpha value is -2.57. The highest BCUT2D eigenvalue weighted by Crippen LogP contribution is 2.38. The first kappa shape index (κ1) is 34.6. The number of alkyl halides is 2. The minimum atomic E-state index is -2.24. The molecule has 2 amide bonds. The summed E-state index contributed by atoms with van der Waals surface area (Å²) in [5.74, 6) is -0.781. The van der Waals surface area contributed by atoms with Gasteiger partial charge in [-0.05, 0) is 59.9 Å². The zero-order chi connectivity index (χ0) is 31.2. The molecular formula is C33H46Cl2N2O4. The van der Waals surface area contributed by atoms with Crippen molar-refractivity contribution < 1.29 is 19.1 Å². The molecule has 226 valence electrons. The summed E-state index contributed by atoms with van der Waals surface area (Å²) in [5, 5.41) is 5.40. The third-order valence-electron chi connectivity index (χ3n) is 7.72. The van der Waals surface area contributed by atoms with E-state index in [-0.39, 0.29) is 23.2 Å². The highest BCUT2D eigenvalue weighted by atomic mass is 35.5. The van der Waals surface area contributed by atoms with E-state index in [0.717, 1.165) is 18.6 Å². The van der Waals surface area contributed by atoms with E-state index < -0.39 is 21.4 Å². The summed E-state index contributed by atoms with van der Waals surface area (Å²) in [6, 6.07) is 13.1. The monoisotopic (exact) mass is 604 g/mol. The molecule has 2 aromatic rings. The van der Waals surface area contributed by atoms with E-state index in [2.05, 4.69) is 70.4 Å². The zero-order valence-electron chi connectivity index (χ0n) is 26.0. The molecule has 0 bridgehead atoms. The molecule has 0 aliphatic carbocycles. The minimum absolute atomic E-state index is 0.0421. The molecule has 0 spiro atoms. The van der Waals surface area contributed by atoms with Gasteiger partial charge in [0.1, 0.15) is 5.75 Å². The van der Waals surface area contributed by atoms with Gasteiger partial charge in [0.2, 0.25) is 5.91 Å². The number of ether oxygens (including phenoxy) is 1. The number of halogens is 2. The smallest absolute Gasteiger partial charge is 0.268 e. The predicted octanol–water partition coefficient (Wildman–Crippen LogP) is 8.59. The molecule has 41 heavy (non-hydrogen) atoms. The highest BCUT2D eigenvalue weighted by Gasteiger charge is 2.47. The van der Waals surface area contributed by atoms with Crippen molar-refractivity contribution in [3.63, 3.8) is 0 Å². The van der Waals surface area contributed by atoms with Gasteiger partial charge in [-0.25, -0.2) is 0 Å². The predicted molar refractivity (Wildman–Crippen MR) is 170 cm³/mol. The van der Waals surface area contributed by atoms with Crippen LogP contribution in [0.5, 0.6) is 5.75 Å². The van der Waals surface area contributed by atoms with Crippen molar-refractivity contribution in [1.29, 1.82) is 0 Å². The van der Waals surface area contributed by atoms with Gasteiger partial charge in [-0.1, -0.05) is 104 Å². The number of amides is 2. The summed E-state index contributed by atoms with van der Waals surface area (Å²) in [6.07, 6.45) is 2.81.